The molecule has 4 fully saturated rings. The van der Waals surface area contributed by atoms with Crippen molar-refractivity contribution in [3.63, 3.8) is 0 Å². The zero-order chi connectivity index (χ0) is 62.5. The highest BCUT2D eigenvalue weighted by Gasteiger charge is 2.47. The number of primary sulfonamides is 2. The molecule has 0 aromatic heterocycles. The molecule has 8 N–H and O–H groups in total. The molecule has 12 rings (SSSR count). The van der Waals surface area contributed by atoms with Gasteiger partial charge in [-0.3, -0.25) is 0 Å². The van der Waals surface area contributed by atoms with Crippen LogP contribution in [0.25, 0.3) is 0 Å². The van der Waals surface area contributed by atoms with E-state index in [0.29, 0.717) is 63.7 Å². The molecule has 0 bridgehead atoms. The molecule has 2 heterocycles. The summed E-state index contributed by atoms with van der Waals surface area (Å²) < 4.78 is 61.3. The number of aryl methyl sites for hydroxylation is 2. The minimum atomic E-state index is -3.61. The predicted octanol–water partition coefficient (Wildman–Crippen LogP) is 11.1. The van der Waals surface area contributed by atoms with Crippen LogP contribution in [-0.2, 0) is 43.7 Å². The van der Waals surface area contributed by atoms with Crippen molar-refractivity contribution in [2.75, 3.05) is 49.2 Å². The Labute approximate surface area is 528 Å². The summed E-state index contributed by atoms with van der Waals surface area (Å²) >= 11 is 12.8. The van der Waals surface area contributed by atoms with Gasteiger partial charge in [-0.2, -0.15) is 0 Å². The number of sulfonamides is 2. The van der Waals surface area contributed by atoms with Gasteiger partial charge >= 0.3 is 11.9 Å². The lowest BCUT2D eigenvalue weighted by molar-refractivity contribution is 0.0450. The number of halogens is 2. The lowest BCUT2D eigenvalue weighted by Crippen LogP contribution is -2.49. The summed E-state index contributed by atoms with van der Waals surface area (Å²) in [6.45, 7) is 7.59. The molecule has 20 heteroatoms. The fourth-order valence-electron chi connectivity index (χ4n) is 16.6. The lowest BCUT2D eigenvalue weighted by Gasteiger charge is -2.45. The fourth-order valence-corrected chi connectivity index (χ4v) is 19.6. The predicted molar refractivity (Wildman–Crippen MR) is 344 cm³/mol. The number of nitrogens with two attached hydrogens (primary N) is 2. The van der Waals surface area contributed by atoms with Crippen LogP contribution in [0, 0.1) is 47.3 Å². The number of aromatic carboxylic acids is 2. The second kappa shape index (κ2) is 26.2. The van der Waals surface area contributed by atoms with Crippen molar-refractivity contribution in [2.45, 2.75) is 150 Å². The normalized spacial score (nSPS) is 31.0. The number of hydrogen-bond acceptors (Lipinski definition) is 12. The summed E-state index contributed by atoms with van der Waals surface area (Å²) in [7, 11) is -7.21. The third-order valence-corrected chi connectivity index (χ3v) is 25.3. The highest BCUT2D eigenvalue weighted by atomic mass is 35.5. The Kier molecular flexibility index (Phi) is 19.2. The number of anilines is 2. The third kappa shape index (κ3) is 13.6. The van der Waals surface area contributed by atoms with Gasteiger partial charge in [-0.15, -0.1) is 0 Å². The summed E-state index contributed by atoms with van der Waals surface area (Å²) in [6.07, 6.45) is 20.6. The first-order valence-corrected chi connectivity index (χ1v) is 35.7. The number of hydrogen-bond donors (Lipinski definition) is 6. The second-order valence-electron chi connectivity index (χ2n) is 27.1. The number of nitrogens with zero attached hydrogens (tertiary/aromatic N) is 2. The van der Waals surface area contributed by atoms with Gasteiger partial charge in [0, 0.05) is 47.1 Å². The van der Waals surface area contributed by atoms with Gasteiger partial charge in [-0.05, 0) is 220 Å². The standard InChI is InChI=1S/2C34H43ClN2O6S/c2*1-21-22(4-2-6-32(21)44(36,41)42)8-13-30(38)27-11-7-25(27)18-37-19-34(15-3-5-23-16-26(35)10-12-28(23)34)20-43-31-14-9-24(33(39)40)17-29(31)37/h2*8-10,12-14,16-17,21-22,25,27,30,32,38H,2-7,11,15,18-20H2,1H3,(H,39,40)(H2,36,41,42)/b2*13-8+/t21-,22-,25+,27-,30+,32+,34+;21-,22-,25-,27+,30-,32+,34-/m10/s1. The van der Waals surface area contributed by atoms with Crippen LogP contribution in [0.4, 0.5) is 11.4 Å². The van der Waals surface area contributed by atoms with Gasteiger partial charge in [-0.25, -0.2) is 36.7 Å². The third-order valence-electron chi connectivity index (χ3n) is 21.8. The minimum absolute atomic E-state index is 0.0582. The zero-order valence-electron chi connectivity index (χ0n) is 50.4. The molecule has 4 aromatic rings. The van der Waals surface area contributed by atoms with Crippen molar-refractivity contribution in [1.82, 2.24) is 0 Å². The molecule has 0 saturated heterocycles. The van der Waals surface area contributed by atoms with Crippen molar-refractivity contribution in [1.29, 1.82) is 0 Å². The van der Waals surface area contributed by atoms with E-state index in [1.54, 1.807) is 36.4 Å². The van der Waals surface area contributed by atoms with Crippen LogP contribution >= 0.6 is 23.2 Å². The summed E-state index contributed by atoms with van der Waals surface area (Å²) in [6, 6.07) is 22.4. The number of carboxylic acid groups (broad SMARTS) is 2. The molecule has 88 heavy (non-hydrogen) atoms. The van der Waals surface area contributed by atoms with Gasteiger partial charge in [-0.1, -0.05) is 86.3 Å². The lowest BCUT2D eigenvalue weighted by atomic mass is 9.68. The van der Waals surface area contributed by atoms with Crippen molar-refractivity contribution in [3.05, 3.63) is 141 Å². The average Bonchev–Trinajstić information content (AvgIpc) is 1.62. The first kappa shape index (κ1) is 64.4. The van der Waals surface area contributed by atoms with Gasteiger partial charge in [0.05, 0.1) is 58.4 Å². The minimum Gasteiger partial charge on any atom is -0.490 e. The number of benzene rings is 4. The molecule has 2 spiro atoms. The summed E-state index contributed by atoms with van der Waals surface area (Å²) in [5.74, 6) is -0.137. The van der Waals surface area contributed by atoms with E-state index in [-0.39, 0.29) is 69.3 Å². The molecule has 476 valence electrons. The van der Waals surface area contributed by atoms with Crippen molar-refractivity contribution < 1.29 is 56.3 Å². The average molecular weight is 1290 g/mol. The first-order chi connectivity index (χ1) is 41.9. The first-order valence-electron chi connectivity index (χ1n) is 31.7. The topological polar surface area (TPSA) is 260 Å². The Balaban J connectivity index is 0.000000182. The van der Waals surface area contributed by atoms with Crippen LogP contribution in [0.3, 0.4) is 0 Å². The second-order valence-corrected chi connectivity index (χ2v) is 31.5. The number of allylic oxidation sites excluding steroid dienone is 2. The highest BCUT2D eigenvalue weighted by Crippen LogP contribution is 2.50. The van der Waals surface area contributed by atoms with E-state index >= 15 is 0 Å². The molecule has 0 amide bonds. The maximum atomic E-state index is 12.1. The monoisotopic (exact) mass is 1280 g/mol. The van der Waals surface area contributed by atoms with E-state index in [2.05, 4.69) is 34.1 Å². The number of aliphatic hydroxyl groups is 2. The highest BCUT2D eigenvalue weighted by molar-refractivity contribution is 7.90. The van der Waals surface area contributed by atoms with E-state index in [4.69, 9.17) is 43.0 Å². The Morgan fingerprint density at radius 2 is 1.00 bits per heavy atom. The number of carboxylic acids is 2. The van der Waals surface area contributed by atoms with Crippen molar-refractivity contribution in [2.24, 2.45) is 57.6 Å². The van der Waals surface area contributed by atoms with Gasteiger partial charge in [0.2, 0.25) is 20.0 Å². The fraction of sp³-hybridized carbons (Fsp3) is 0.559. The quantitative estimate of drug-likeness (QED) is 0.0642. The molecule has 0 unspecified atom stereocenters. The molecule has 0 radical (unpaired) electrons. The van der Waals surface area contributed by atoms with Crippen molar-refractivity contribution >= 4 is 66.6 Å². The Hall–Kier alpha value is -5.18. The van der Waals surface area contributed by atoms with E-state index in [9.17, 15) is 46.9 Å². The summed E-state index contributed by atoms with van der Waals surface area (Å²) in [4.78, 5) is 28.5. The molecular formula is C68H86Cl2N4O12S2. The number of fused-ring (bicyclic) bond motifs is 6. The molecule has 8 aliphatic rings. The van der Waals surface area contributed by atoms with E-state index < -0.39 is 54.7 Å². The van der Waals surface area contributed by atoms with Gasteiger partial charge in [0.1, 0.15) is 11.5 Å². The number of aliphatic hydroxyl groups excluding tert-OH is 2. The number of ether oxygens (including phenoxy) is 2. The number of carbonyl (C=O) groups is 2. The van der Waals surface area contributed by atoms with Crippen LogP contribution in [0.2, 0.25) is 10.0 Å². The Bertz CT molecular complexity index is 3320. The molecule has 2 aliphatic heterocycles. The molecular weight excluding hydrogens is 1200 g/mol. The van der Waals surface area contributed by atoms with Crippen LogP contribution in [-0.4, -0.2) is 111 Å². The van der Waals surface area contributed by atoms with Crippen LogP contribution in [0.15, 0.2) is 97.1 Å². The largest absolute Gasteiger partial charge is 0.490 e. The SMILES string of the molecule is C[C@@H]1[C@@H](/C=C/[C@H](O)[C@@H]2CC[C@H]2CN2C[C@@]3(CCCc4cc(Cl)ccc43)COc3ccc(C(=O)O)cc32)CCC[C@@H]1S(N)(=O)=O.C[C@H]1[C@H](/C=C/[C@H](O)[C@@H]2CC[C@H]2CN2C[C@@]3(CCCc4cc(Cl)ccc43)COc3ccc(C(=O)O)cc32)CCC[C@H]1S(N)(=O)=O. The van der Waals surface area contributed by atoms with Gasteiger partial charge < -0.3 is 39.7 Å². The van der Waals surface area contributed by atoms with Crippen LogP contribution < -0.4 is 29.6 Å². The van der Waals surface area contributed by atoms with Crippen LogP contribution in [0.5, 0.6) is 11.5 Å². The van der Waals surface area contributed by atoms with Gasteiger partial charge in [0.25, 0.3) is 0 Å². The van der Waals surface area contributed by atoms with E-state index in [0.717, 1.165) is 111 Å². The number of rotatable bonds is 14. The molecule has 6 aliphatic carbocycles. The molecule has 16 nitrogen and oxygen atoms in total. The summed E-state index contributed by atoms with van der Waals surface area (Å²) in [5, 5.41) is 53.6. The summed E-state index contributed by atoms with van der Waals surface area (Å²) in [5.41, 5.74) is 6.45. The van der Waals surface area contributed by atoms with Crippen molar-refractivity contribution in [3.8, 4) is 11.5 Å². The Morgan fingerprint density at radius 1 is 0.591 bits per heavy atom. The van der Waals surface area contributed by atoms with Gasteiger partial charge in [0.15, 0.2) is 0 Å². The molecule has 14 atom stereocenters. The smallest absolute Gasteiger partial charge is 0.335 e. The maximum absolute atomic E-state index is 12.1. The van der Waals surface area contributed by atoms with E-state index in [1.807, 2.05) is 50.3 Å². The zero-order valence-corrected chi connectivity index (χ0v) is 53.5. The molecule has 4 saturated carbocycles. The Morgan fingerprint density at radius 3 is 1.36 bits per heavy atom. The van der Waals surface area contributed by atoms with Crippen LogP contribution in [0.1, 0.15) is 147 Å². The maximum Gasteiger partial charge on any atom is 0.335 e. The molecule has 4 aromatic carbocycles. The van der Waals surface area contributed by atoms with E-state index in [1.165, 1.54) is 22.3 Å².